The van der Waals surface area contributed by atoms with E-state index in [4.69, 9.17) is 0 Å². The van der Waals surface area contributed by atoms with Crippen LogP contribution in [0.3, 0.4) is 0 Å². The van der Waals surface area contributed by atoms with Crippen molar-refractivity contribution in [2.24, 2.45) is 0 Å². The molecule has 0 aliphatic rings. The van der Waals surface area contributed by atoms with Crippen LogP contribution in [0.4, 0.5) is 11.4 Å². The number of rotatable bonds is 6. The standard InChI is InChI=1S/C21H22N2O4S2/c1-15-7-11-20(12-8-15)28(24,25)22-19-10-9-17(3)21(14-19)29(26,27)23-18-6-4-5-16(2)13-18/h4-14,22-23H,1-3H3. The Hall–Kier alpha value is -2.84. The van der Waals surface area contributed by atoms with E-state index >= 15 is 0 Å². The minimum atomic E-state index is -3.89. The predicted molar refractivity (Wildman–Crippen MR) is 115 cm³/mol. The van der Waals surface area contributed by atoms with Gasteiger partial charge in [-0.1, -0.05) is 35.9 Å². The van der Waals surface area contributed by atoms with Crippen LogP contribution in [-0.4, -0.2) is 16.8 Å². The van der Waals surface area contributed by atoms with Crippen molar-refractivity contribution in [1.29, 1.82) is 0 Å². The summed E-state index contributed by atoms with van der Waals surface area (Å²) in [5, 5.41) is 0. The molecule has 0 heterocycles. The van der Waals surface area contributed by atoms with E-state index in [0.29, 0.717) is 11.3 Å². The van der Waals surface area contributed by atoms with E-state index in [1.807, 2.05) is 19.9 Å². The summed E-state index contributed by atoms with van der Waals surface area (Å²) in [5.41, 5.74) is 2.97. The zero-order valence-corrected chi connectivity index (χ0v) is 17.9. The molecule has 0 bridgehead atoms. The molecule has 3 rings (SSSR count). The third kappa shape index (κ3) is 4.96. The molecule has 0 amide bonds. The fourth-order valence-corrected chi connectivity index (χ4v) is 5.17. The number of hydrogen-bond donors (Lipinski definition) is 2. The lowest BCUT2D eigenvalue weighted by Gasteiger charge is -2.14. The highest BCUT2D eigenvalue weighted by molar-refractivity contribution is 7.93. The number of anilines is 2. The van der Waals surface area contributed by atoms with E-state index in [0.717, 1.165) is 11.1 Å². The van der Waals surface area contributed by atoms with E-state index in [1.54, 1.807) is 43.3 Å². The molecule has 3 aromatic carbocycles. The van der Waals surface area contributed by atoms with Crippen molar-refractivity contribution in [3.8, 4) is 0 Å². The minimum absolute atomic E-state index is 0.00288. The third-order valence-corrected chi connectivity index (χ3v) is 7.25. The first kappa shape index (κ1) is 20.9. The highest BCUT2D eigenvalue weighted by atomic mass is 32.2. The summed E-state index contributed by atoms with van der Waals surface area (Å²) in [7, 11) is -7.73. The minimum Gasteiger partial charge on any atom is -0.280 e. The maximum Gasteiger partial charge on any atom is 0.262 e. The molecular formula is C21H22N2O4S2. The number of sulfonamides is 2. The van der Waals surface area contributed by atoms with Gasteiger partial charge in [-0.3, -0.25) is 9.44 Å². The average Bonchev–Trinajstić information content (AvgIpc) is 2.63. The maximum absolute atomic E-state index is 12.9. The zero-order chi connectivity index (χ0) is 21.2. The first-order valence-corrected chi connectivity index (χ1v) is 11.8. The average molecular weight is 431 g/mol. The van der Waals surface area contributed by atoms with Gasteiger partial charge in [0.15, 0.2) is 0 Å². The maximum atomic E-state index is 12.9. The number of nitrogens with one attached hydrogen (secondary N) is 2. The van der Waals surface area contributed by atoms with Gasteiger partial charge in [-0.05, 0) is 68.3 Å². The summed E-state index contributed by atoms with van der Waals surface area (Å²) in [6.07, 6.45) is 0. The Bertz CT molecular complexity index is 1250. The monoisotopic (exact) mass is 430 g/mol. The second kappa shape index (κ2) is 7.88. The highest BCUT2D eigenvalue weighted by Gasteiger charge is 2.20. The van der Waals surface area contributed by atoms with Crippen LogP contribution in [0, 0.1) is 20.8 Å². The Balaban J connectivity index is 1.92. The molecule has 0 radical (unpaired) electrons. The van der Waals surface area contributed by atoms with Crippen LogP contribution in [0.5, 0.6) is 0 Å². The lowest BCUT2D eigenvalue weighted by Crippen LogP contribution is -2.16. The van der Waals surface area contributed by atoms with Gasteiger partial charge in [0, 0.05) is 5.69 Å². The van der Waals surface area contributed by atoms with Gasteiger partial charge in [0.25, 0.3) is 20.0 Å². The third-order valence-electron chi connectivity index (χ3n) is 4.33. The summed E-state index contributed by atoms with van der Waals surface area (Å²) >= 11 is 0. The van der Waals surface area contributed by atoms with Crippen molar-refractivity contribution < 1.29 is 16.8 Å². The summed E-state index contributed by atoms with van der Waals surface area (Å²) in [6, 6.07) is 17.8. The van der Waals surface area contributed by atoms with Crippen LogP contribution in [-0.2, 0) is 20.0 Å². The predicted octanol–water partition coefficient (Wildman–Crippen LogP) is 4.21. The van der Waals surface area contributed by atoms with Crippen molar-refractivity contribution in [1.82, 2.24) is 0 Å². The zero-order valence-electron chi connectivity index (χ0n) is 16.3. The fraction of sp³-hybridized carbons (Fsp3) is 0.143. The van der Waals surface area contributed by atoms with Gasteiger partial charge in [0.05, 0.1) is 15.5 Å². The van der Waals surface area contributed by atoms with E-state index in [1.165, 1.54) is 24.3 Å². The lowest BCUT2D eigenvalue weighted by atomic mass is 10.2. The fourth-order valence-electron chi connectivity index (χ4n) is 2.80. The second-order valence-electron chi connectivity index (χ2n) is 6.87. The molecule has 0 unspecified atom stereocenters. The molecule has 152 valence electrons. The summed E-state index contributed by atoms with van der Waals surface area (Å²) in [6.45, 7) is 5.38. The van der Waals surface area contributed by atoms with Gasteiger partial charge < -0.3 is 0 Å². The molecule has 6 nitrogen and oxygen atoms in total. The van der Waals surface area contributed by atoms with Crippen molar-refractivity contribution in [2.75, 3.05) is 9.44 Å². The topological polar surface area (TPSA) is 92.3 Å². The molecule has 0 aliphatic carbocycles. The second-order valence-corrected chi connectivity index (χ2v) is 10.2. The molecule has 0 atom stereocenters. The Morgan fingerprint density at radius 3 is 1.90 bits per heavy atom. The quantitative estimate of drug-likeness (QED) is 0.613. The first-order valence-electron chi connectivity index (χ1n) is 8.86. The van der Waals surface area contributed by atoms with Crippen LogP contribution >= 0.6 is 0 Å². The molecule has 0 fully saturated rings. The SMILES string of the molecule is Cc1ccc(S(=O)(=O)Nc2ccc(C)c(S(=O)(=O)Nc3cccc(C)c3)c2)cc1. The molecule has 0 spiro atoms. The van der Waals surface area contributed by atoms with Crippen molar-refractivity contribution in [3.63, 3.8) is 0 Å². The molecule has 0 saturated heterocycles. The van der Waals surface area contributed by atoms with E-state index in [9.17, 15) is 16.8 Å². The summed E-state index contributed by atoms with van der Waals surface area (Å²) in [4.78, 5) is 0.106. The smallest absolute Gasteiger partial charge is 0.262 e. The van der Waals surface area contributed by atoms with Gasteiger partial charge in [-0.25, -0.2) is 16.8 Å². The Kier molecular flexibility index (Phi) is 5.68. The summed E-state index contributed by atoms with van der Waals surface area (Å²) < 4.78 is 55.9. The van der Waals surface area contributed by atoms with Crippen LogP contribution in [0.25, 0.3) is 0 Å². The first-order chi connectivity index (χ1) is 13.6. The largest absolute Gasteiger partial charge is 0.280 e. The van der Waals surface area contributed by atoms with E-state index in [2.05, 4.69) is 9.44 Å². The molecule has 3 aromatic rings. The van der Waals surface area contributed by atoms with E-state index in [-0.39, 0.29) is 15.5 Å². The van der Waals surface area contributed by atoms with Gasteiger partial charge in [-0.15, -0.1) is 0 Å². The van der Waals surface area contributed by atoms with Gasteiger partial charge in [-0.2, -0.15) is 0 Å². The summed E-state index contributed by atoms with van der Waals surface area (Å²) in [5.74, 6) is 0. The van der Waals surface area contributed by atoms with Crippen molar-refractivity contribution in [2.45, 2.75) is 30.6 Å². The Morgan fingerprint density at radius 2 is 1.24 bits per heavy atom. The highest BCUT2D eigenvalue weighted by Crippen LogP contribution is 2.25. The Labute approximate surface area is 171 Å². The molecule has 8 heteroatoms. The number of benzene rings is 3. The molecule has 29 heavy (non-hydrogen) atoms. The van der Waals surface area contributed by atoms with Gasteiger partial charge in [0.2, 0.25) is 0 Å². The number of aryl methyl sites for hydroxylation is 3. The van der Waals surface area contributed by atoms with Crippen molar-refractivity contribution >= 4 is 31.4 Å². The van der Waals surface area contributed by atoms with Gasteiger partial charge >= 0.3 is 0 Å². The molecule has 2 N–H and O–H groups in total. The van der Waals surface area contributed by atoms with Crippen LogP contribution in [0.1, 0.15) is 16.7 Å². The van der Waals surface area contributed by atoms with Crippen LogP contribution in [0.2, 0.25) is 0 Å². The van der Waals surface area contributed by atoms with Crippen molar-refractivity contribution in [3.05, 3.63) is 83.4 Å². The Morgan fingerprint density at radius 1 is 0.621 bits per heavy atom. The molecule has 0 aromatic heterocycles. The van der Waals surface area contributed by atoms with Gasteiger partial charge in [0.1, 0.15) is 0 Å². The van der Waals surface area contributed by atoms with Crippen LogP contribution in [0.15, 0.2) is 76.5 Å². The van der Waals surface area contributed by atoms with E-state index < -0.39 is 20.0 Å². The molecule has 0 saturated carbocycles. The number of hydrogen-bond acceptors (Lipinski definition) is 4. The van der Waals surface area contributed by atoms with Crippen LogP contribution < -0.4 is 9.44 Å². The lowest BCUT2D eigenvalue weighted by molar-refractivity contribution is 0.598. The molecule has 0 aliphatic heterocycles. The normalized spacial score (nSPS) is 11.8. The molecular weight excluding hydrogens is 408 g/mol.